The summed E-state index contributed by atoms with van der Waals surface area (Å²) in [6, 6.07) is 0. The predicted molar refractivity (Wildman–Crippen MR) is 73.0 cm³/mol. The van der Waals surface area contributed by atoms with Crippen molar-refractivity contribution in [1.29, 1.82) is 0 Å². The second-order valence-electron chi connectivity index (χ2n) is 4.49. The average molecular weight is 321 g/mol. The molecular formula is C11H24BClSn. The molecule has 0 radical (unpaired) electrons. The fourth-order valence-electron chi connectivity index (χ4n) is 2.02. The van der Waals surface area contributed by atoms with Crippen molar-refractivity contribution in [1.82, 2.24) is 0 Å². The molecule has 0 saturated carbocycles. The van der Waals surface area contributed by atoms with E-state index in [1.165, 1.54) is 19.1 Å². The molecule has 0 unspecified atom stereocenters. The number of rotatable bonds is 5. The van der Waals surface area contributed by atoms with Gasteiger partial charge in [0.15, 0.2) is 0 Å². The predicted octanol–water partition coefficient (Wildman–Crippen LogP) is 4.77. The summed E-state index contributed by atoms with van der Waals surface area (Å²) >= 11 is -2.31. The molecule has 0 aliphatic rings. The molecule has 0 N–H and O–H groups in total. The first-order chi connectivity index (χ1) is 6.38. The van der Waals surface area contributed by atoms with Crippen molar-refractivity contribution < 1.29 is 0 Å². The third kappa shape index (κ3) is 4.18. The van der Waals surface area contributed by atoms with Gasteiger partial charge in [-0.05, 0) is 0 Å². The van der Waals surface area contributed by atoms with E-state index in [1.54, 1.807) is 9.06 Å². The molecule has 0 aliphatic carbocycles. The number of allylic oxidation sites excluding steroid dienone is 2. The summed E-state index contributed by atoms with van der Waals surface area (Å²) in [5, 5.41) is 0. The fourth-order valence-corrected chi connectivity index (χ4v) is 6.10. The van der Waals surface area contributed by atoms with Gasteiger partial charge in [-0.1, -0.05) is 0 Å². The van der Waals surface area contributed by atoms with E-state index in [-0.39, 0.29) is 0 Å². The molecule has 0 aromatic heterocycles. The SMILES string of the molecule is CCB(CC)/C(CC)=[C](/C)[Sn]([CH3])([CH3])[Cl]. The van der Waals surface area contributed by atoms with Crippen molar-refractivity contribution >= 4 is 32.9 Å². The van der Waals surface area contributed by atoms with Crippen LogP contribution < -0.4 is 0 Å². The molecule has 0 heterocycles. The monoisotopic (exact) mass is 322 g/mol. The summed E-state index contributed by atoms with van der Waals surface area (Å²) in [7, 11) is 6.57. The molecule has 82 valence electrons. The number of hydrogen-bond donors (Lipinski definition) is 0. The van der Waals surface area contributed by atoms with Crippen LogP contribution in [0.1, 0.15) is 34.1 Å². The van der Waals surface area contributed by atoms with Crippen LogP contribution in [-0.2, 0) is 0 Å². The van der Waals surface area contributed by atoms with Crippen LogP contribution in [0.2, 0.25) is 22.5 Å². The molecule has 0 bridgehead atoms. The molecule has 0 fully saturated rings. The Labute approximate surface area is 98.2 Å². The Kier molecular flexibility index (Phi) is 6.88. The van der Waals surface area contributed by atoms with Crippen molar-refractivity contribution in [3.63, 3.8) is 0 Å². The summed E-state index contributed by atoms with van der Waals surface area (Å²) in [4.78, 5) is 4.59. The Balaban J connectivity index is 5.01. The van der Waals surface area contributed by atoms with Crippen molar-refractivity contribution in [3.8, 4) is 0 Å². The van der Waals surface area contributed by atoms with Gasteiger partial charge in [-0.3, -0.25) is 0 Å². The zero-order valence-corrected chi connectivity index (χ0v) is 14.2. The molecule has 3 heteroatoms. The number of hydrogen-bond acceptors (Lipinski definition) is 0. The number of halogens is 1. The molecule has 0 spiro atoms. The molecule has 0 aliphatic heterocycles. The minimum atomic E-state index is -2.31. The van der Waals surface area contributed by atoms with Gasteiger partial charge in [-0.25, -0.2) is 0 Å². The van der Waals surface area contributed by atoms with Crippen LogP contribution in [0.25, 0.3) is 0 Å². The van der Waals surface area contributed by atoms with Crippen LogP contribution in [0.3, 0.4) is 0 Å². The van der Waals surface area contributed by atoms with Gasteiger partial charge in [0.2, 0.25) is 0 Å². The van der Waals surface area contributed by atoms with Gasteiger partial charge in [0.25, 0.3) is 0 Å². The third-order valence-electron chi connectivity index (χ3n) is 3.23. The summed E-state index contributed by atoms with van der Waals surface area (Å²) in [5.41, 5.74) is 1.66. The van der Waals surface area contributed by atoms with Gasteiger partial charge in [0.1, 0.15) is 0 Å². The van der Waals surface area contributed by atoms with Crippen LogP contribution in [0.5, 0.6) is 0 Å². The topological polar surface area (TPSA) is 0 Å². The third-order valence-corrected chi connectivity index (χ3v) is 11.1. The zero-order valence-electron chi connectivity index (χ0n) is 10.6. The average Bonchev–Trinajstić information content (AvgIpc) is 2.11. The van der Waals surface area contributed by atoms with Crippen LogP contribution in [-0.4, -0.2) is 24.0 Å². The van der Waals surface area contributed by atoms with Gasteiger partial charge in [-0.2, -0.15) is 0 Å². The van der Waals surface area contributed by atoms with Gasteiger partial charge < -0.3 is 0 Å². The van der Waals surface area contributed by atoms with Gasteiger partial charge in [0, 0.05) is 0 Å². The Morgan fingerprint density at radius 3 is 1.79 bits per heavy atom. The maximum absolute atomic E-state index is 6.57. The van der Waals surface area contributed by atoms with Crippen LogP contribution in [0.15, 0.2) is 9.06 Å². The van der Waals surface area contributed by atoms with Crippen LogP contribution >= 0.6 is 8.92 Å². The summed E-state index contributed by atoms with van der Waals surface area (Å²) in [5.74, 6) is 0. The van der Waals surface area contributed by atoms with E-state index in [1.807, 2.05) is 0 Å². The molecule has 0 atom stereocenters. The summed E-state index contributed by atoms with van der Waals surface area (Å²) in [6.07, 6.45) is 3.71. The van der Waals surface area contributed by atoms with E-state index in [4.69, 9.17) is 8.92 Å². The van der Waals surface area contributed by atoms with E-state index in [9.17, 15) is 0 Å². The van der Waals surface area contributed by atoms with Crippen molar-refractivity contribution in [2.45, 2.75) is 56.6 Å². The second kappa shape index (κ2) is 6.47. The molecule has 0 saturated heterocycles. The first-order valence-corrected chi connectivity index (χ1v) is 16.5. The standard InChI is InChI=1S/C9H18B.2CH3.ClH.Sn/c1-5-9(6-2)10(7-3)8-4;;;;/h5,7-8H2,1-4H3;2*1H3;1H;/q;;;;+1/p-1. The van der Waals surface area contributed by atoms with Crippen LogP contribution in [0.4, 0.5) is 0 Å². The zero-order chi connectivity index (χ0) is 11.4. The second-order valence-corrected chi connectivity index (χ2v) is 21.4. The maximum atomic E-state index is 6.57. The Hall–Kier alpha value is 0.894. The van der Waals surface area contributed by atoms with E-state index >= 15 is 0 Å². The van der Waals surface area contributed by atoms with E-state index in [0.29, 0.717) is 0 Å². The Morgan fingerprint density at radius 1 is 1.14 bits per heavy atom. The molecule has 0 nitrogen and oxygen atoms in total. The van der Waals surface area contributed by atoms with Gasteiger partial charge >= 0.3 is 98.6 Å². The normalized spacial score (nSPS) is 13.9. The van der Waals surface area contributed by atoms with E-state index in [0.717, 1.165) is 6.71 Å². The summed E-state index contributed by atoms with van der Waals surface area (Å²) < 4.78 is 1.58. The van der Waals surface area contributed by atoms with Gasteiger partial charge in [0.05, 0.1) is 0 Å². The molecule has 0 aromatic rings. The van der Waals surface area contributed by atoms with E-state index in [2.05, 4.69) is 37.6 Å². The summed E-state index contributed by atoms with van der Waals surface area (Å²) in [6.45, 7) is 9.89. The fraction of sp³-hybridized carbons (Fsp3) is 0.818. The van der Waals surface area contributed by atoms with Crippen LogP contribution in [0, 0.1) is 0 Å². The quantitative estimate of drug-likeness (QED) is 0.640. The van der Waals surface area contributed by atoms with E-state index < -0.39 is 17.3 Å². The molecule has 0 aromatic carbocycles. The van der Waals surface area contributed by atoms with Crippen molar-refractivity contribution in [3.05, 3.63) is 9.06 Å². The minimum absolute atomic E-state index is 0.773. The first kappa shape index (κ1) is 14.9. The molecular weight excluding hydrogens is 297 g/mol. The molecule has 14 heavy (non-hydrogen) atoms. The molecule has 0 rings (SSSR count). The Bertz CT molecular complexity index is 202. The van der Waals surface area contributed by atoms with Crippen molar-refractivity contribution in [2.24, 2.45) is 0 Å². The first-order valence-electron chi connectivity index (χ1n) is 5.77. The van der Waals surface area contributed by atoms with Gasteiger partial charge in [-0.15, -0.1) is 0 Å². The molecule has 0 amide bonds. The van der Waals surface area contributed by atoms with Crippen molar-refractivity contribution in [2.75, 3.05) is 0 Å². The Morgan fingerprint density at radius 2 is 1.57 bits per heavy atom.